The van der Waals surface area contributed by atoms with E-state index in [1.807, 2.05) is 36.1 Å². The number of methoxy groups -OCH3 is 1. The number of aromatic nitrogens is 3. The second-order valence-electron chi connectivity index (χ2n) is 8.13. The van der Waals surface area contributed by atoms with E-state index in [2.05, 4.69) is 20.6 Å². The van der Waals surface area contributed by atoms with Crippen molar-refractivity contribution in [3.8, 4) is 5.75 Å². The number of fused-ring (bicyclic) bond motifs is 1. The van der Waals surface area contributed by atoms with Gasteiger partial charge in [-0.1, -0.05) is 23.5 Å². The molecule has 1 aromatic carbocycles. The molecular weight excluding hydrogens is 456 g/mol. The van der Waals surface area contributed by atoms with Crippen molar-refractivity contribution in [2.75, 3.05) is 31.6 Å². The van der Waals surface area contributed by atoms with Crippen LogP contribution in [0.2, 0.25) is 0 Å². The van der Waals surface area contributed by atoms with E-state index in [4.69, 9.17) is 4.74 Å². The summed E-state index contributed by atoms with van der Waals surface area (Å²) in [6, 6.07) is 7.39. The SMILES string of the molecule is CCNC(=O)[C@@H]1CCCN(c2nc3ncn(CC(=O)NCc4ccc(OC)cc4)c(=O)c3s2)C1. The second-order valence-corrected chi connectivity index (χ2v) is 9.11. The Morgan fingerprint density at radius 1 is 1.24 bits per heavy atom. The van der Waals surface area contributed by atoms with Crippen molar-refractivity contribution in [1.82, 2.24) is 25.2 Å². The zero-order valence-corrected chi connectivity index (χ0v) is 20.1. The summed E-state index contributed by atoms with van der Waals surface area (Å²) in [5.74, 6) is 0.410. The molecule has 1 aliphatic rings. The van der Waals surface area contributed by atoms with Gasteiger partial charge in [-0.25, -0.2) is 4.98 Å². The lowest BCUT2D eigenvalue weighted by Gasteiger charge is -2.31. The van der Waals surface area contributed by atoms with E-state index in [-0.39, 0.29) is 29.8 Å². The number of anilines is 1. The molecule has 11 heteroatoms. The highest BCUT2D eigenvalue weighted by Gasteiger charge is 2.27. The third-order valence-electron chi connectivity index (χ3n) is 5.75. The van der Waals surface area contributed by atoms with E-state index in [0.717, 1.165) is 30.7 Å². The van der Waals surface area contributed by atoms with Gasteiger partial charge in [-0.05, 0) is 37.5 Å². The smallest absolute Gasteiger partial charge is 0.273 e. The van der Waals surface area contributed by atoms with Crippen LogP contribution < -0.4 is 25.8 Å². The lowest BCUT2D eigenvalue weighted by atomic mass is 9.97. The molecule has 0 bridgehead atoms. The summed E-state index contributed by atoms with van der Waals surface area (Å²) in [5, 5.41) is 6.38. The van der Waals surface area contributed by atoms with Gasteiger partial charge < -0.3 is 20.3 Å². The number of hydrogen-bond donors (Lipinski definition) is 2. The number of benzene rings is 1. The molecule has 4 rings (SSSR count). The molecule has 2 amide bonds. The Morgan fingerprint density at radius 2 is 2.03 bits per heavy atom. The number of hydrogen-bond acceptors (Lipinski definition) is 8. The molecule has 1 saturated heterocycles. The zero-order valence-electron chi connectivity index (χ0n) is 19.2. The number of amides is 2. The number of piperidine rings is 1. The highest BCUT2D eigenvalue weighted by atomic mass is 32.1. The number of carbonyl (C=O) groups is 2. The molecule has 180 valence electrons. The van der Waals surface area contributed by atoms with Gasteiger partial charge >= 0.3 is 0 Å². The second kappa shape index (κ2) is 10.6. The van der Waals surface area contributed by atoms with Crippen molar-refractivity contribution >= 4 is 38.6 Å². The van der Waals surface area contributed by atoms with Gasteiger partial charge in [0.05, 0.1) is 13.0 Å². The molecule has 1 atom stereocenters. The Morgan fingerprint density at radius 3 is 2.76 bits per heavy atom. The topological polar surface area (TPSA) is 118 Å². The first kappa shape index (κ1) is 23.7. The van der Waals surface area contributed by atoms with Gasteiger partial charge in [0.2, 0.25) is 11.8 Å². The summed E-state index contributed by atoms with van der Waals surface area (Å²) in [6.45, 7) is 4.06. The van der Waals surface area contributed by atoms with Gasteiger partial charge in [0.1, 0.15) is 23.3 Å². The minimum atomic E-state index is -0.300. The van der Waals surface area contributed by atoms with Gasteiger partial charge in [0.15, 0.2) is 10.8 Å². The van der Waals surface area contributed by atoms with E-state index in [0.29, 0.717) is 35.1 Å². The molecule has 2 aromatic heterocycles. The van der Waals surface area contributed by atoms with Crippen LogP contribution in [0, 0.1) is 5.92 Å². The van der Waals surface area contributed by atoms with E-state index >= 15 is 0 Å². The monoisotopic (exact) mass is 484 g/mol. The Balaban J connectivity index is 1.42. The molecule has 1 fully saturated rings. The Bertz CT molecular complexity index is 1220. The first-order chi connectivity index (χ1) is 16.5. The Labute approximate surface area is 201 Å². The summed E-state index contributed by atoms with van der Waals surface area (Å²) >= 11 is 1.26. The average Bonchev–Trinajstić information content (AvgIpc) is 3.30. The minimum Gasteiger partial charge on any atom is -0.497 e. The van der Waals surface area contributed by atoms with Crippen molar-refractivity contribution in [3.05, 3.63) is 46.5 Å². The lowest BCUT2D eigenvalue weighted by molar-refractivity contribution is -0.125. The number of ether oxygens (including phenoxy) is 1. The largest absolute Gasteiger partial charge is 0.497 e. The van der Waals surface area contributed by atoms with E-state index in [9.17, 15) is 14.4 Å². The molecule has 2 N–H and O–H groups in total. The molecule has 0 saturated carbocycles. The van der Waals surface area contributed by atoms with Crippen molar-refractivity contribution < 1.29 is 14.3 Å². The molecule has 1 aliphatic heterocycles. The molecule has 3 aromatic rings. The van der Waals surface area contributed by atoms with Crippen LogP contribution >= 0.6 is 11.3 Å². The standard InChI is InChI=1S/C23H28N6O4S/c1-3-24-21(31)16-5-4-10-28(12-16)23-27-20-19(34-23)22(32)29(14-26-20)13-18(30)25-11-15-6-8-17(33-2)9-7-15/h6-9,14,16H,3-5,10-13H2,1-2H3,(H,24,31)(H,25,30)/t16-/m1/s1. The van der Waals surface area contributed by atoms with Gasteiger partial charge in [0, 0.05) is 26.2 Å². The van der Waals surface area contributed by atoms with Gasteiger partial charge in [-0.15, -0.1) is 0 Å². The van der Waals surface area contributed by atoms with Crippen LogP contribution in [-0.2, 0) is 22.7 Å². The van der Waals surface area contributed by atoms with Crippen molar-refractivity contribution in [2.45, 2.75) is 32.9 Å². The maximum atomic E-state index is 13.0. The van der Waals surface area contributed by atoms with Gasteiger partial charge in [0.25, 0.3) is 5.56 Å². The van der Waals surface area contributed by atoms with E-state index in [1.165, 1.54) is 22.2 Å². The maximum Gasteiger partial charge on any atom is 0.273 e. The molecule has 0 radical (unpaired) electrons. The molecule has 0 aliphatic carbocycles. The van der Waals surface area contributed by atoms with Crippen LogP contribution in [0.15, 0.2) is 35.4 Å². The molecule has 0 spiro atoms. The summed E-state index contributed by atoms with van der Waals surface area (Å²) < 4.78 is 6.83. The van der Waals surface area contributed by atoms with Crippen molar-refractivity contribution in [1.29, 1.82) is 0 Å². The minimum absolute atomic E-state index is 0.0504. The number of thiazole rings is 1. The summed E-state index contributed by atoms with van der Waals surface area (Å²) in [7, 11) is 1.60. The summed E-state index contributed by atoms with van der Waals surface area (Å²) in [6.07, 6.45) is 3.07. The molecule has 0 unspecified atom stereocenters. The number of carbonyl (C=O) groups excluding carboxylic acids is 2. The predicted octanol–water partition coefficient (Wildman–Crippen LogP) is 1.53. The fourth-order valence-electron chi connectivity index (χ4n) is 3.92. The average molecular weight is 485 g/mol. The van der Waals surface area contributed by atoms with Gasteiger partial charge in [-0.2, -0.15) is 4.98 Å². The van der Waals surface area contributed by atoms with Crippen LogP contribution in [-0.4, -0.2) is 53.1 Å². The Kier molecular flexibility index (Phi) is 7.41. The van der Waals surface area contributed by atoms with E-state index in [1.54, 1.807) is 7.11 Å². The maximum absolute atomic E-state index is 13.0. The lowest BCUT2D eigenvalue weighted by Crippen LogP contribution is -2.43. The molecule has 34 heavy (non-hydrogen) atoms. The number of nitrogens with zero attached hydrogens (tertiary/aromatic N) is 4. The third-order valence-corrected chi connectivity index (χ3v) is 6.84. The molecule has 10 nitrogen and oxygen atoms in total. The third kappa shape index (κ3) is 5.36. The fraction of sp³-hybridized carbons (Fsp3) is 0.435. The highest BCUT2D eigenvalue weighted by molar-refractivity contribution is 7.22. The quantitative estimate of drug-likeness (QED) is 0.498. The Hall–Kier alpha value is -3.47. The van der Waals surface area contributed by atoms with Crippen LogP contribution in [0.3, 0.4) is 0 Å². The highest BCUT2D eigenvalue weighted by Crippen LogP contribution is 2.29. The van der Waals surface area contributed by atoms with Crippen LogP contribution in [0.4, 0.5) is 5.13 Å². The first-order valence-electron chi connectivity index (χ1n) is 11.3. The molecular formula is C23H28N6O4S. The summed E-state index contributed by atoms with van der Waals surface area (Å²) in [4.78, 5) is 48.5. The van der Waals surface area contributed by atoms with Crippen LogP contribution in [0.1, 0.15) is 25.3 Å². The molecule has 3 heterocycles. The van der Waals surface area contributed by atoms with E-state index < -0.39 is 0 Å². The van der Waals surface area contributed by atoms with Crippen molar-refractivity contribution in [2.24, 2.45) is 5.92 Å². The predicted molar refractivity (Wildman–Crippen MR) is 130 cm³/mol. The van der Waals surface area contributed by atoms with Gasteiger partial charge in [-0.3, -0.25) is 19.0 Å². The zero-order chi connectivity index (χ0) is 24.1. The normalized spacial score (nSPS) is 15.8. The number of rotatable bonds is 8. The first-order valence-corrected chi connectivity index (χ1v) is 12.1. The number of nitrogens with one attached hydrogen (secondary N) is 2. The van der Waals surface area contributed by atoms with Crippen molar-refractivity contribution in [3.63, 3.8) is 0 Å². The van der Waals surface area contributed by atoms with Crippen LogP contribution in [0.25, 0.3) is 10.3 Å². The summed E-state index contributed by atoms with van der Waals surface area (Å²) in [5.41, 5.74) is 0.986. The fourth-order valence-corrected chi connectivity index (χ4v) is 4.92. The van der Waals surface area contributed by atoms with Crippen LogP contribution in [0.5, 0.6) is 5.75 Å².